The van der Waals surface area contributed by atoms with Crippen LogP contribution in [0.5, 0.6) is 0 Å². The molecule has 2 aliphatic carbocycles. The van der Waals surface area contributed by atoms with Gasteiger partial charge in [0.2, 0.25) is 17.6 Å². The number of fused-ring (bicyclic) bond motifs is 5. The van der Waals surface area contributed by atoms with Crippen molar-refractivity contribution in [2.75, 3.05) is 19.7 Å². The molecule has 10 atom stereocenters. The summed E-state index contributed by atoms with van der Waals surface area (Å²) in [6, 6.07) is 25.6. The third-order valence-corrected chi connectivity index (χ3v) is 13.0. The van der Waals surface area contributed by atoms with Crippen molar-refractivity contribution in [2.45, 2.75) is 99.6 Å². The smallest absolute Gasteiger partial charge is 0.327 e. The number of epoxide rings is 1. The molecule has 3 aromatic rings. The topological polar surface area (TPSA) is 139 Å². The lowest BCUT2D eigenvalue weighted by atomic mass is 9.62. The first-order chi connectivity index (χ1) is 27.4. The summed E-state index contributed by atoms with van der Waals surface area (Å²) in [7, 11) is 0. The summed E-state index contributed by atoms with van der Waals surface area (Å²) in [6.07, 6.45) is 6.48. The molecule has 5 saturated heterocycles. The van der Waals surface area contributed by atoms with E-state index in [1.54, 1.807) is 9.96 Å². The highest BCUT2D eigenvalue weighted by Gasteiger charge is 2.77. The van der Waals surface area contributed by atoms with Crippen LogP contribution in [-0.4, -0.2) is 101 Å². The van der Waals surface area contributed by atoms with Crippen molar-refractivity contribution in [2.24, 2.45) is 11.3 Å². The zero-order valence-electron chi connectivity index (χ0n) is 31.1. The van der Waals surface area contributed by atoms with Crippen LogP contribution in [0.3, 0.4) is 0 Å². The second-order valence-electron chi connectivity index (χ2n) is 16.3. The molecule has 5 aliphatic heterocycles. The number of carbonyl (C=O) groups is 3. The van der Waals surface area contributed by atoms with Crippen molar-refractivity contribution in [1.82, 2.24) is 15.3 Å². The standard InChI is InChI=1S/C44H47N3O9/c48-22-20-45-40(49)32-15-8-21-46(32)42(51)43-25-35-36-37(55-44(54-36,30-11-3-1-4-12-30)31-13-5-2-6-14-31)39(43)56-47(38(43)41(50)53-35)26-29-10-7-9-27(23-29)16-17-28-18-19-33-34(24-28)52-33/h1-7,9-14,16-17,23,28,32-39,48H,8,15,18-22,24-26H2,(H,45,49)/t28?,32-,33?,34?,35-,36+,37+,38+,39-,43+/m1/s1. The summed E-state index contributed by atoms with van der Waals surface area (Å²) in [5.41, 5.74) is 2.02. The van der Waals surface area contributed by atoms with E-state index in [1.807, 2.05) is 72.8 Å². The molecule has 2 bridgehead atoms. The number of likely N-dealkylation sites (tertiary alicyclic amines) is 1. The number of aliphatic hydroxyl groups is 1. The molecule has 2 saturated carbocycles. The summed E-state index contributed by atoms with van der Waals surface area (Å²) in [5.74, 6) is -2.12. The fourth-order valence-corrected chi connectivity index (χ4v) is 10.3. The van der Waals surface area contributed by atoms with Crippen LogP contribution in [0.4, 0.5) is 0 Å². The number of rotatable bonds is 10. The van der Waals surface area contributed by atoms with Crippen molar-refractivity contribution < 1.29 is 43.3 Å². The summed E-state index contributed by atoms with van der Waals surface area (Å²) in [4.78, 5) is 51.8. The van der Waals surface area contributed by atoms with Crippen molar-refractivity contribution in [3.05, 3.63) is 113 Å². The molecule has 0 radical (unpaired) electrons. The molecule has 2 N–H and O–H groups in total. The minimum atomic E-state index is -1.44. The SMILES string of the molecule is O=C(NCCO)[C@H]1CCCN1C(=O)[C@@]12C[C@H]3OC(=O)[C@@H]1N(Cc1cccc(C=CC4CCC5OC5C4)c1)O[C@@H]2[C@H]1OC(c2ccccc2)(c2ccccc2)O[C@H]13. The van der Waals surface area contributed by atoms with E-state index in [0.29, 0.717) is 37.5 Å². The fourth-order valence-electron chi connectivity index (χ4n) is 10.3. The Morgan fingerprint density at radius 1 is 0.893 bits per heavy atom. The van der Waals surface area contributed by atoms with Crippen LogP contribution in [-0.2, 0) is 50.5 Å². The number of amides is 2. The molecule has 12 nitrogen and oxygen atoms in total. The molecule has 2 amide bonds. The number of hydrogen-bond acceptors (Lipinski definition) is 10. The molecule has 292 valence electrons. The maximum absolute atomic E-state index is 15.4. The van der Waals surface area contributed by atoms with Crippen LogP contribution >= 0.6 is 0 Å². The molecule has 3 aromatic carbocycles. The average Bonchev–Trinajstić information content (AvgIpc) is 3.51. The van der Waals surface area contributed by atoms with Gasteiger partial charge in [-0.3, -0.25) is 19.2 Å². The van der Waals surface area contributed by atoms with Gasteiger partial charge < -0.3 is 34.3 Å². The van der Waals surface area contributed by atoms with Crippen LogP contribution < -0.4 is 5.32 Å². The predicted octanol–water partition coefficient (Wildman–Crippen LogP) is 3.85. The summed E-state index contributed by atoms with van der Waals surface area (Å²) in [6.45, 7) is 0.428. The largest absolute Gasteiger partial charge is 0.458 e. The van der Waals surface area contributed by atoms with Gasteiger partial charge in [0, 0.05) is 30.6 Å². The number of nitrogens with zero attached hydrogens (tertiary/aromatic N) is 2. The van der Waals surface area contributed by atoms with Crippen LogP contribution in [0.25, 0.3) is 6.08 Å². The van der Waals surface area contributed by atoms with Gasteiger partial charge in [0.15, 0.2) is 6.04 Å². The highest BCUT2D eigenvalue weighted by molar-refractivity contribution is 5.96. The van der Waals surface area contributed by atoms with E-state index in [-0.39, 0.29) is 37.9 Å². The summed E-state index contributed by atoms with van der Waals surface area (Å²) >= 11 is 0. The zero-order chi connectivity index (χ0) is 38.0. The van der Waals surface area contributed by atoms with E-state index < -0.39 is 53.7 Å². The van der Waals surface area contributed by atoms with E-state index in [1.165, 1.54) is 0 Å². The summed E-state index contributed by atoms with van der Waals surface area (Å²) in [5, 5.41) is 13.8. The monoisotopic (exact) mass is 761 g/mol. The van der Waals surface area contributed by atoms with Gasteiger partial charge in [-0.05, 0) is 49.1 Å². The number of hydroxylamine groups is 2. The Hall–Kier alpha value is -4.43. The molecule has 56 heavy (non-hydrogen) atoms. The quantitative estimate of drug-likeness (QED) is 0.232. The van der Waals surface area contributed by atoms with E-state index >= 15 is 4.79 Å². The normalized spacial score (nSPS) is 35.2. The number of ether oxygens (including phenoxy) is 4. The van der Waals surface area contributed by atoms with Gasteiger partial charge in [-0.15, -0.1) is 0 Å². The number of allylic oxidation sites excluding steroid dienone is 1. The molecule has 12 heteroatoms. The van der Waals surface area contributed by atoms with E-state index in [4.69, 9.17) is 23.8 Å². The number of carbonyl (C=O) groups excluding carboxylic acids is 3. The first-order valence-electron chi connectivity index (χ1n) is 20.1. The lowest BCUT2D eigenvalue weighted by Gasteiger charge is -2.50. The minimum absolute atomic E-state index is 0.0827. The van der Waals surface area contributed by atoms with Crippen molar-refractivity contribution >= 4 is 23.9 Å². The maximum atomic E-state index is 15.4. The van der Waals surface area contributed by atoms with Gasteiger partial charge in [0.1, 0.15) is 35.9 Å². The molecule has 7 aliphatic rings. The Bertz CT molecular complexity index is 1970. The van der Waals surface area contributed by atoms with Crippen molar-refractivity contribution in [3.8, 4) is 0 Å². The van der Waals surface area contributed by atoms with Crippen molar-refractivity contribution in [3.63, 3.8) is 0 Å². The first kappa shape index (κ1) is 35.9. The maximum Gasteiger partial charge on any atom is 0.327 e. The highest BCUT2D eigenvalue weighted by atomic mass is 16.8. The molecule has 0 spiro atoms. The van der Waals surface area contributed by atoms with Crippen LogP contribution in [0.1, 0.15) is 60.8 Å². The Morgan fingerprint density at radius 2 is 1.66 bits per heavy atom. The van der Waals surface area contributed by atoms with Gasteiger partial charge in [-0.1, -0.05) is 97.1 Å². The number of aliphatic hydroxyl groups excluding tert-OH is 1. The third kappa shape index (κ3) is 5.92. The van der Waals surface area contributed by atoms with Gasteiger partial charge in [-0.2, -0.15) is 5.06 Å². The predicted molar refractivity (Wildman–Crippen MR) is 201 cm³/mol. The number of hydrogen-bond donors (Lipinski definition) is 2. The Balaban J connectivity index is 1.02. The third-order valence-electron chi connectivity index (χ3n) is 13.0. The average molecular weight is 762 g/mol. The van der Waals surface area contributed by atoms with Gasteiger partial charge >= 0.3 is 5.97 Å². The number of nitrogens with one attached hydrogen (secondary N) is 1. The van der Waals surface area contributed by atoms with Crippen LogP contribution in [0.15, 0.2) is 91.0 Å². The lowest BCUT2D eigenvalue weighted by molar-refractivity contribution is -0.214. The van der Waals surface area contributed by atoms with E-state index in [0.717, 1.165) is 41.5 Å². The Morgan fingerprint density at radius 3 is 2.41 bits per heavy atom. The second-order valence-corrected chi connectivity index (χ2v) is 16.3. The van der Waals surface area contributed by atoms with E-state index in [9.17, 15) is 14.7 Å². The minimum Gasteiger partial charge on any atom is -0.458 e. The molecular weight excluding hydrogens is 714 g/mol. The van der Waals surface area contributed by atoms with Gasteiger partial charge in [0.05, 0.1) is 25.4 Å². The van der Waals surface area contributed by atoms with Gasteiger partial charge in [0.25, 0.3) is 0 Å². The Kier molecular flexibility index (Phi) is 9.11. The fraction of sp³-hybridized carbons (Fsp3) is 0.477. The summed E-state index contributed by atoms with van der Waals surface area (Å²) < 4.78 is 26.2. The highest BCUT2D eigenvalue weighted by Crippen LogP contribution is 2.60. The zero-order valence-corrected chi connectivity index (χ0v) is 31.1. The van der Waals surface area contributed by atoms with E-state index in [2.05, 4.69) is 29.6 Å². The molecule has 0 aromatic heterocycles. The molecule has 5 heterocycles. The molecule has 7 fully saturated rings. The number of benzene rings is 3. The first-order valence-corrected chi connectivity index (χ1v) is 20.1. The molecular formula is C44H47N3O9. The number of esters is 1. The van der Waals surface area contributed by atoms with Crippen molar-refractivity contribution in [1.29, 1.82) is 0 Å². The Labute approximate surface area is 325 Å². The van der Waals surface area contributed by atoms with Crippen LogP contribution in [0.2, 0.25) is 0 Å². The van der Waals surface area contributed by atoms with Crippen LogP contribution in [0, 0.1) is 11.3 Å². The second kappa shape index (κ2) is 14.2. The van der Waals surface area contributed by atoms with Gasteiger partial charge in [-0.25, -0.2) is 0 Å². The molecule has 3 unspecified atom stereocenters. The molecule has 10 rings (SSSR count). The lowest BCUT2D eigenvalue weighted by Crippen LogP contribution is -2.70.